The molecule has 2 nitrogen and oxygen atoms in total. The molecule has 1 heterocycles. The highest BCUT2D eigenvalue weighted by Crippen LogP contribution is 2.31. The fourth-order valence-electron chi connectivity index (χ4n) is 2.05. The van der Waals surface area contributed by atoms with E-state index in [2.05, 4.69) is 28.6 Å². The molecule has 3 heteroatoms. The first-order valence-corrected chi connectivity index (χ1v) is 6.36. The molecule has 1 aromatic rings. The van der Waals surface area contributed by atoms with Crippen molar-refractivity contribution in [1.29, 1.82) is 0 Å². The van der Waals surface area contributed by atoms with E-state index < -0.39 is 0 Å². The van der Waals surface area contributed by atoms with E-state index in [1.807, 2.05) is 18.5 Å². The van der Waals surface area contributed by atoms with Gasteiger partial charge in [-0.25, -0.2) is 0 Å². The third-order valence-electron chi connectivity index (χ3n) is 2.88. The molecular weight excluding hydrogens is 216 g/mol. The molecule has 0 aliphatic heterocycles. The smallest absolute Gasteiger partial charge is 0.0612 e. The van der Waals surface area contributed by atoms with Crippen LogP contribution >= 0.6 is 12.2 Å². The number of aromatic nitrogens is 1. The lowest BCUT2D eigenvalue weighted by molar-refractivity contribution is 0.443. The molecule has 0 saturated heterocycles. The molecule has 0 aromatic carbocycles. The van der Waals surface area contributed by atoms with E-state index in [-0.39, 0.29) is 0 Å². The van der Waals surface area contributed by atoms with Crippen LogP contribution in [0.5, 0.6) is 0 Å². The minimum Gasteiger partial charge on any atom is -0.385 e. The average molecular weight is 236 g/mol. The van der Waals surface area contributed by atoms with Gasteiger partial charge in [-0.1, -0.05) is 37.5 Å². The van der Waals surface area contributed by atoms with Crippen LogP contribution in [0.2, 0.25) is 0 Å². The third kappa shape index (κ3) is 4.71. The van der Waals surface area contributed by atoms with E-state index in [0.717, 1.165) is 5.92 Å². The standard InChI is InChI=1S/C11H15N.C2H5NS/c1-2-5-10(6-3-1)11-7-4-8-12-9-11;1-3-2-4/h4,7-10H,1-3,5-6H2;2H,1H3,(H,3,4). The molecule has 0 spiro atoms. The first-order valence-electron chi connectivity index (χ1n) is 5.89. The molecule has 16 heavy (non-hydrogen) atoms. The Morgan fingerprint density at radius 3 is 2.56 bits per heavy atom. The first-order chi connectivity index (χ1) is 7.88. The SMILES string of the molecule is CNC=S.c1cncc(C2CCCCC2)c1. The van der Waals surface area contributed by atoms with Gasteiger partial charge >= 0.3 is 0 Å². The van der Waals surface area contributed by atoms with E-state index in [4.69, 9.17) is 0 Å². The number of hydrogen-bond acceptors (Lipinski definition) is 2. The van der Waals surface area contributed by atoms with Gasteiger partial charge in [-0.15, -0.1) is 0 Å². The van der Waals surface area contributed by atoms with Crippen LogP contribution in [0, 0.1) is 0 Å². The molecule has 1 aromatic heterocycles. The summed E-state index contributed by atoms with van der Waals surface area (Å²) in [5.41, 5.74) is 2.90. The van der Waals surface area contributed by atoms with E-state index in [1.165, 1.54) is 43.2 Å². The van der Waals surface area contributed by atoms with E-state index >= 15 is 0 Å². The van der Waals surface area contributed by atoms with Crippen molar-refractivity contribution in [2.45, 2.75) is 38.0 Å². The van der Waals surface area contributed by atoms with Crippen LogP contribution in [0.4, 0.5) is 0 Å². The molecule has 1 aliphatic rings. The van der Waals surface area contributed by atoms with Crippen molar-refractivity contribution in [1.82, 2.24) is 10.3 Å². The number of rotatable bonds is 2. The summed E-state index contributed by atoms with van der Waals surface area (Å²) in [5, 5.41) is 2.62. The van der Waals surface area contributed by atoms with Gasteiger partial charge in [0.25, 0.3) is 0 Å². The van der Waals surface area contributed by atoms with Gasteiger partial charge in [-0.2, -0.15) is 0 Å². The predicted octanol–water partition coefficient (Wildman–Crippen LogP) is 3.29. The van der Waals surface area contributed by atoms with Crippen molar-refractivity contribution >= 4 is 17.7 Å². The molecule has 0 unspecified atom stereocenters. The molecule has 1 saturated carbocycles. The summed E-state index contributed by atoms with van der Waals surface area (Å²) < 4.78 is 0. The quantitative estimate of drug-likeness (QED) is 0.798. The maximum absolute atomic E-state index is 4.32. The van der Waals surface area contributed by atoms with Crippen LogP contribution in [0.25, 0.3) is 0 Å². The minimum atomic E-state index is 0.799. The number of pyridine rings is 1. The largest absolute Gasteiger partial charge is 0.385 e. The molecule has 1 fully saturated rings. The van der Waals surface area contributed by atoms with Crippen molar-refractivity contribution in [2.24, 2.45) is 0 Å². The minimum absolute atomic E-state index is 0.799. The van der Waals surface area contributed by atoms with Gasteiger partial charge in [-0.3, -0.25) is 4.98 Å². The topological polar surface area (TPSA) is 24.9 Å². The van der Waals surface area contributed by atoms with Crippen LogP contribution in [-0.2, 0) is 0 Å². The molecule has 0 atom stereocenters. The monoisotopic (exact) mass is 236 g/mol. The molecule has 1 aliphatic carbocycles. The van der Waals surface area contributed by atoms with Crippen LogP contribution in [-0.4, -0.2) is 17.5 Å². The van der Waals surface area contributed by atoms with Gasteiger partial charge in [0.1, 0.15) is 0 Å². The van der Waals surface area contributed by atoms with Gasteiger partial charge in [-0.05, 0) is 30.4 Å². The Labute approximate surface area is 103 Å². The summed E-state index contributed by atoms with van der Waals surface area (Å²) in [7, 11) is 1.77. The zero-order chi connectivity index (χ0) is 11.6. The third-order valence-corrected chi connectivity index (χ3v) is 3.11. The van der Waals surface area contributed by atoms with Gasteiger partial charge < -0.3 is 5.32 Å². The Bertz CT molecular complexity index is 281. The highest BCUT2D eigenvalue weighted by atomic mass is 32.1. The summed E-state index contributed by atoms with van der Waals surface area (Å²) in [6, 6.07) is 4.26. The Kier molecular flexibility index (Phi) is 6.74. The van der Waals surface area contributed by atoms with Crippen molar-refractivity contribution < 1.29 is 0 Å². The summed E-state index contributed by atoms with van der Waals surface area (Å²) in [4.78, 5) is 4.16. The van der Waals surface area contributed by atoms with Crippen LogP contribution < -0.4 is 5.32 Å². The fraction of sp³-hybridized carbons (Fsp3) is 0.538. The Morgan fingerprint density at radius 2 is 2.06 bits per heavy atom. The van der Waals surface area contributed by atoms with Crippen molar-refractivity contribution in [3.05, 3.63) is 30.1 Å². The predicted molar refractivity (Wildman–Crippen MR) is 72.8 cm³/mol. The second-order valence-electron chi connectivity index (χ2n) is 4.03. The number of nitrogens with one attached hydrogen (secondary N) is 1. The Balaban J connectivity index is 0.000000280. The highest BCUT2D eigenvalue weighted by Gasteiger charge is 2.14. The summed E-state index contributed by atoms with van der Waals surface area (Å²) in [6.07, 6.45) is 10.8. The molecule has 0 amide bonds. The van der Waals surface area contributed by atoms with Crippen LogP contribution in [0.3, 0.4) is 0 Å². The number of nitrogens with zero attached hydrogens (tertiary/aromatic N) is 1. The highest BCUT2D eigenvalue weighted by molar-refractivity contribution is 7.78. The second kappa shape index (κ2) is 8.22. The van der Waals surface area contributed by atoms with E-state index in [1.54, 1.807) is 7.05 Å². The van der Waals surface area contributed by atoms with Gasteiger partial charge in [0.15, 0.2) is 0 Å². The molecular formula is C13H20N2S. The van der Waals surface area contributed by atoms with Crippen LogP contribution in [0.1, 0.15) is 43.6 Å². The zero-order valence-electron chi connectivity index (χ0n) is 9.86. The van der Waals surface area contributed by atoms with Crippen LogP contribution in [0.15, 0.2) is 24.5 Å². The normalized spacial score (nSPS) is 15.8. The van der Waals surface area contributed by atoms with Gasteiger partial charge in [0.2, 0.25) is 0 Å². The summed E-state index contributed by atoms with van der Waals surface area (Å²) in [5.74, 6) is 0.799. The molecule has 2 rings (SSSR count). The van der Waals surface area contributed by atoms with E-state index in [9.17, 15) is 0 Å². The fourth-order valence-corrected chi connectivity index (χ4v) is 2.05. The van der Waals surface area contributed by atoms with Crippen molar-refractivity contribution in [3.63, 3.8) is 0 Å². The molecule has 0 bridgehead atoms. The van der Waals surface area contributed by atoms with Crippen molar-refractivity contribution in [2.75, 3.05) is 7.05 Å². The maximum atomic E-state index is 4.32. The Hall–Kier alpha value is -0.960. The molecule has 1 N–H and O–H groups in total. The second-order valence-corrected chi connectivity index (χ2v) is 4.26. The van der Waals surface area contributed by atoms with Gasteiger partial charge in [0, 0.05) is 19.4 Å². The zero-order valence-corrected chi connectivity index (χ0v) is 10.7. The lowest BCUT2D eigenvalue weighted by Gasteiger charge is -2.21. The number of hydrogen-bond donors (Lipinski definition) is 1. The van der Waals surface area contributed by atoms with E-state index in [0.29, 0.717) is 0 Å². The Morgan fingerprint density at radius 1 is 1.38 bits per heavy atom. The average Bonchev–Trinajstić information content (AvgIpc) is 2.41. The van der Waals surface area contributed by atoms with Gasteiger partial charge in [0.05, 0.1) is 5.49 Å². The number of thiocarbonyl (C=S) groups is 1. The summed E-state index contributed by atoms with van der Waals surface area (Å²) >= 11 is 4.32. The molecule has 0 radical (unpaired) electrons. The summed E-state index contributed by atoms with van der Waals surface area (Å²) in [6.45, 7) is 0. The lowest BCUT2D eigenvalue weighted by Crippen LogP contribution is -2.04. The molecule has 88 valence electrons. The first kappa shape index (κ1) is 13.1. The lowest BCUT2D eigenvalue weighted by atomic mass is 9.85. The van der Waals surface area contributed by atoms with Crippen molar-refractivity contribution in [3.8, 4) is 0 Å². The maximum Gasteiger partial charge on any atom is 0.0612 e.